The van der Waals surface area contributed by atoms with Gasteiger partial charge in [-0.2, -0.15) is 0 Å². The minimum Gasteiger partial charge on any atom is -0.454 e. The van der Waals surface area contributed by atoms with Gasteiger partial charge in [0.05, 0.1) is 6.54 Å². The number of hydrogen-bond acceptors (Lipinski definition) is 5. The van der Waals surface area contributed by atoms with Crippen LogP contribution in [-0.4, -0.2) is 36.7 Å². The van der Waals surface area contributed by atoms with E-state index in [2.05, 4.69) is 5.43 Å². The second-order valence-corrected chi connectivity index (χ2v) is 8.70. The molecule has 0 radical (unpaired) electrons. The van der Waals surface area contributed by atoms with Crippen LogP contribution in [0.15, 0.2) is 66.7 Å². The lowest BCUT2D eigenvalue weighted by molar-refractivity contribution is 0.0953. The van der Waals surface area contributed by atoms with E-state index in [1.165, 1.54) is 0 Å². The molecule has 3 aromatic carbocycles. The zero-order valence-electron chi connectivity index (χ0n) is 19.4. The van der Waals surface area contributed by atoms with E-state index in [0.717, 1.165) is 66.2 Å². The molecule has 8 nitrogen and oxygen atoms in total. The van der Waals surface area contributed by atoms with E-state index >= 15 is 0 Å². The molecular weight excluding hydrogens is 444 g/mol. The average Bonchev–Trinajstić information content (AvgIpc) is 3.40. The molecule has 5 rings (SSSR count). The lowest BCUT2D eigenvalue weighted by Crippen LogP contribution is -2.45. The van der Waals surface area contributed by atoms with Gasteiger partial charge in [-0.1, -0.05) is 30.3 Å². The summed E-state index contributed by atoms with van der Waals surface area (Å²) in [4.78, 5) is 29.0. The zero-order valence-corrected chi connectivity index (χ0v) is 19.4. The van der Waals surface area contributed by atoms with E-state index in [4.69, 9.17) is 15.3 Å². The highest BCUT2D eigenvalue weighted by Crippen LogP contribution is 2.36. The number of rotatable bonds is 5. The van der Waals surface area contributed by atoms with E-state index in [1.54, 1.807) is 17.0 Å². The van der Waals surface area contributed by atoms with Crippen LogP contribution in [-0.2, 0) is 6.54 Å². The fourth-order valence-electron chi connectivity index (χ4n) is 4.46. The van der Waals surface area contributed by atoms with Gasteiger partial charge in [-0.25, -0.2) is 10.6 Å². The Bertz CT molecular complexity index is 1200. The first-order valence-corrected chi connectivity index (χ1v) is 11.8. The number of piperidine rings is 1. The number of amides is 3. The van der Waals surface area contributed by atoms with Crippen LogP contribution < -0.4 is 25.6 Å². The second kappa shape index (κ2) is 10.1. The highest BCUT2D eigenvalue weighted by atomic mass is 16.7. The van der Waals surface area contributed by atoms with Crippen molar-refractivity contribution in [3.8, 4) is 22.6 Å². The first-order valence-electron chi connectivity index (χ1n) is 11.8. The first kappa shape index (κ1) is 22.7. The summed E-state index contributed by atoms with van der Waals surface area (Å²) in [6.45, 7) is 2.16. The molecule has 1 fully saturated rings. The second-order valence-electron chi connectivity index (χ2n) is 8.70. The minimum absolute atomic E-state index is 0.00990. The molecule has 0 spiro atoms. The quantitative estimate of drug-likeness (QED) is 0.328. The van der Waals surface area contributed by atoms with Gasteiger partial charge in [0.2, 0.25) is 6.79 Å². The van der Waals surface area contributed by atoms with E-state index in [0.29, 0.717) is 12.1 Å². The smallest absolute Gasteiger partial charge is 0.324 e. The third-order valence-corrected chi connectivity index (χ3v) is 6.43. The Morgan fingerprint density at radius 3 is 2.26 bits per heavy atom. The monoisotopic (exact) mass is 472 g/mol. The van der Waals surface area contributed by atoms with E-state index in [1.807, 2.05) is 59.5 Å². The fourth-order valence-corrected chi connectivity index (χ4v) is 4.46. The number of hydrogen-bond donors (Lipinski definition) is 2. The number of nitrogens with one attached hydrogen (secondary N) is 1. The van der Waals surface area contributed by atoms with Gasteiger partial charge in [-0.05, 0) is 72.4 Å². The summed E-state index contributed by atoms with van der Waals surface area (Å²) in [6.07, 6.45) is 3.19. The molecule has 2 heterocycles. The zero-order chi connectivity index (χ0) is 24.2. The van der Waals surface area contributed by atoms with Gasteiger partial charge < -0.3 is 14.4 Å². The van der Waals surface area contributed by atoms with Gasteiger partial charge in [0, 0.05) is 24.3 Å². The number of nitrogens with two attached hydrogens (primary N) is 1. The number of urea groups is 1. The number of anilines is 1. The van der Waals surface area contributed by atoms with Crippen molar-refractivity contribution in [3.63, 3.8) is 0 Å². The van der Waals surface area contributed by atoms with Crippen LogP contribution in [0, 0.1) is 0 Å². The number of carbonyl (C=O) groups is 2. The maximum atomic E-state index is 13.5. The van der Waals surface area contributed by atoms with Crippen molar-refractivity contribution in [1.82, 2.24) is 10.3 Å². The number of hydrazine groups is 1. The standard InChI is InChI=1S/C27H28N4O4/c28-29-26(32)21-6-4-19(5-7-21)17-31(27(33)30-14-2-1-3-15-30)23-11-8-20(9-12-23)22-10-13-24-25(16-22)35-18-34-24/h4-13,16H,1-3,14-15,17-18,28H2,(H,29,32). The molecule has 1 saturated heterocycles. The summed E-state index contributed by atoms with van der Waals surface area (Å²) < 4.78 is 10.9. The van der Waals surface area contributed by atoms with E-state index < -0.39 is 0 Å². The molecule has 0 saturated carbocycles. The summed E-state index contributed by atoms with van der Waals surface area (Å²) in [6, 6.07) is 20.9. The Morgan fingerprint density at radius 1 is 0.857 bits per heavy atom. The number of likely N-dealkylation sites (tertiary alicyclic amines) is 1. The molecule has 180 valence electrons. The SMILES string of the molecule is NNC(=O)c1ccc(CN(C(=O)N2CCCCC2)c2ccc(-c3ccc4c(c3)OCO4)cc2)cc1. The minimum atomic E-state index is -0.350. The molecule has 0 unspecified atom stereocenters. The number of benzene rings is 3. The Morgan fingerprint density at radius 2 is 1.54 bits per heavy atom. The molecule has 8 heteroatoms. The number of fused-ring (bicyclic) bond motifs is 1. The lowest BCUT2D eigenvalue weighted by Gasteiger charge is -2.33. The van der Waals surface area contributed by atoms with Crippen molar-refractivity contribution in [2.75, 3.05) is 24.8 Å². The van der Waals surface area contributed by atoms with Crippen molar-refractivity contribution < 1.29 is 19.1 Å². The largest absolute Gasteiger partial charge is 0.454 e. The summed E-state index contributed by atoms with van der Waals surface area (Å²) >= 11 is 0. The van der Waals surface area contributed by atoms with E-state index in [-0.39, 0.29) is 18.7 Å². The van der Waals surface area contributed by atoms with Crippen molar-refractivity contribution in [2.45, 2.75) is 25.8 Å². The predicted molar refractivity (Wildman–Crippen MR) is 133 cm³/mol. The molecule has 2 aliphatic heterocycles. The molecule has 35 heavy (non-hydrogen) atoms. The van der Waals surface area contributed by atoms with Crippen LogP contribution in [0.3, 0.4) is 0 Å². The van der Waals surface area contributed by atoms with Crippen LogP contribution in [0.4, 0.5) is 10.5 Å². The fraction of sp³-hybridized carbons (Fsp3) is 0.259. The Labute approximate surface area is 204 Å². The van der Waals surface area contributed by atoms with Crippen molar-refractivity contribution >= 4 is 17.6 Å². The summed E-state index contributed by atoms with van der Waals surface area (Å²) in [5.41, 5.74) is 6.38. The molecule has 0 atom stereocenters. The Kier molecular flexibility index (Phi) is 6.54. The van der Waals surface area contributed by atoms with Crippen molar-refractivity contribution in [3.05, 3.63) is 77.9 Å². The maximum Gasteiger partial charge on any atom is 0.324 e. The van der Waals surface area contributed by atoms with Gasteiger partial charge in [0.1, 0.15) is 0 Å². The van der Waals surface area contributed by atoms with Crippen LogP contribution >= 0.6 is 0 Å². The predicted octanol–water partition coefficient (Wildman–Crippen LogP) is 4.30. The van der Waals surface area contributed by atoms with Crippen molar-refractivity contribution in [1.29, 1.82) is 0 Å². The number of nitrogens with zero attached hydrogens (tertiary/aromatic N) is 2. The molecule has 3 aromatic rings. The molecule has 3 amide bonds. The lowest BCUT2D eigenvalue weighted by atomic mass is 10.0. The topological polar surface area (TPSA) is 97.1 Å². The van der Waals surface area contributed by atoms with Crippen LogP contribution in [0.5, 0.6) is 11.5 Å². The average molecular weight is 473 g/mol. The van der Waals surface area contributed by atoms with Gasteiger partial charge >= 0.3 is 6.03 Å². The molecule has 3 N–H and O–H groups in total. The van der Waals surface area contributed by atoms with Gasteiger partial charge in [0.25, 0.3) is 5.91 Å². The molecule has 0 aromatic heterocycles. The Hall–Kier alpha value is -4.04. The normalized spacial score (nSPS) is 14.5. The highest BCUT2D eigenvalue weighted by molar-refractivity contribution is 5.94. The van der Waals surface area contributed by atoms with Crippen LogP contribution in [0.25, 0.3) is 11.1 Å². The van der Waals surface area contributed by atoms with Crippen LogP contribution in [0.1, 0.15) is 35.2 Å². The molecular formula is C27H28N4O4. The number of carbonyl (C=O) groups excluding carboxylic acids is 2. The highest BCUT2D eigenvalue weighted by Gasteiger charge is 2.24. The molecule has 0 aliphatic carbocycles. The molecule has 2 aliphatic rings. The maximum absolute atomic E-state index is 13.5. The summed E-state index contributed by atoms with van der Waals surface area (Å²) in [7, 11) is 0. The first-order chi connectivity index (χ1) is 17.1. The molecule has 0 bridgehead atoms. The number of nitrogen functional groups attached to an aromatic ring is 1. The van der Waals surface area contributed by atoms with Crippen LogP contribution in [0.2, 0.25) is 0 Å². The van der Waals surface area contributed by atoms with Gasteiger partial charge in [-0.3, -0.25) is 15.1 Å². The number of ether oxygens (including phenoxy) is 2. The third-order valence-electron chi connectivity index (χ3n) is 6.43. The van der Waals surface area contributed by atoms with Gasteiger partial charge in [0.15, 0.2) is 11.5 Å². The summed E-state index contributed by atoms with van der Waals surface area (Å²) in [5, 5.41) is 0. The van der Waals surface area contributed by atoms with Crippen molar-refractivity contribution in [2.24, 2.45) is 5.84 Å². The Balaban J connectivity index is 1.40. The van der Waals surface area contributed by atoms with E-state index in [9.17, 15) is 9.59 Å². The summed E-state index contributed by atoms with van der Waals surface area (Å²) in [5.74, 6) is 6.37. The third kappa shape index (κ3) is 4.93. The van der Waals surface area contributed by atoms with Gasteiger partial charge in [-0.15, -0.1) is 0 Å².